The lowest BCUT2D eigenvalue weighted by Crippen LogP contribution is -1.86. The normalized spacial score (nSPS) is 11.4. The summed E-state index contributed by atoms with van der Waals surface area (Å²) in [6, 6.07) is 12.7. The molecule has 0 saturated carbocycles. The number of benzene rings is 1. The molecule has 0 bridgehead atoms. The van der Waals surface area contributed by atoms with Gasteiger partial charge in [0.25, 0.3) is 0 Å². The van der Waals surface area contributed by atoms with Crippen molar-refractivity contribution in [3.05, 3.63) is 59.9 Å². The van der Waals surface area contributed by atoms with Crippen LogP contribution in [-0.2, 0) is 5.88 Å². The number of nitrogens with zero attached hydrogens (tertiary/aromatic N) is 2. The van der Waals surface area contributed by atoms with Crippen molar-refractivity contribution in [1.82, 2.24) is 9.38 Å². The summed E-state index contributed by atoms with van der Waals surface area (Å²) >= 11 is 5.86. The van der Waals surface area contributed by atoms with Gasteiger partial charge in [-0.05, 0) is 29.2 Å². The summed E-state index contributed by atoms with van der Waals surface area (Å²) in [4.78, 5) is 4.67. The molecule has 1 aromatic carbocycles. The van der Waals surface area contributed by atoms with Crippen molar-refractivity contribution in [3.8, 4) is 11.3 Å². The van der Waals surface area contributed by atoms with E-state index >= 15 is 0 Å². The summed E-state index contributed by atoms with van der Waals surface area (Å²) in [6.45, 7) is 4.40. The predicted molar refractivity (Wildman–Crippen MR) is 84.3 cm³/mol. The van der Waals surface area contributed by atoms with Gasteiger partial charge in [0, 0.05) is 23.8 Å². The van der Waals surface area contributed by atoms with Gasteiger partial charge in [-0.1, -0.05) is 38.1 Å². The molecule has 0 amide bonds. The van der Waals surface area contributed by atoms with Crippen molar-refractivity contribution in [2.45, 2.75) is 25.6 Å². The monoisotopic (exact) mass is 284 g/mol. The first-order valence-electron chi connectivity index (χ1n) is 6.81. The van der Waals surface area contributed by atoms with Crippen molar-refractivity contribution >= 4 is 17.2 Å². The molecule has 0 aliphatic rings. The highest BCUT2D eigenvalue weighted by Crippen LogP contribution is 2.23. The van der Waals surface area contributed by atoms with Gasteiger partial charge in [-0.15, -0.1) is 11.6 Å². The number of aromatic nitrogens is 2. The van der Waals surface area contributed by atoms with Crippen LogP contribution in [0.4, 0.5) is 0 Å². The molecule has 0 aliphatic carbocycles. The molecular formula is C17H17ClN2. The second kappa shape index (κ2) is 5.29. The Bertz CT molecular complexity index is 726. The van der Waals surface area contributed by atoms with Crippen LogP contribution in [0.15, 0.2) is 48.8 Å². The zero-order valence-electron chi connectivity index (χ0n) is 11.7. The molecule has 102 valence electrons. The number of halogens is 1. The van der Waals surface area contributed by atoms with Crippen LogP contribution in [0.3, 0.4) is 0 Å². The lowest BCUT2D eigenvalue weighted by Gasteiger charge is -2.05. The third-order valence-corrected chi connectivity index (χ3v) is 3.86. The Morgan fingerprint density at radius 3 is 2.55 bits per heavy atom. The third-order valence-electron chi connectivity index (χ3n) is 3.55. The van der Waals surface area contributed by atoms with Crippen molar-refractivity contribution < 1.29 is 0 Å². The molecule has 0 fully saturated rings. The molecule has 0 radical (unpaired) electrons. The Morgan fingerprint density at radius 2 is 1.90 bits per heavy atom. The Labute approximate surface area is 124 Å². The van der Waals surface area contributed by atoms with Gasteiger partial charge in [0.05, 0.1) is 5.69 Å². The fraction of sp³-hybridized carbons (Fsp3) is 0.235. The van der Waals surface area contributed by atoms with Gasteiger partial charge in [0.15, 0.2) is 0 Å². The number of pyridine rings is 1. The quantitative estimate of drug-likeness (QED) is 0.628. The van der Waals surface area contributed by atoms with Gasteiger partial charge >= 0.3 is 0 Å². The molecule has 0 N–H and O–H groups in total. The number of imidazole rings is 1. The fourth-order valence-electron chi connectivity index (χ4n) is 2.29. The van der Waals surface area contributed by atoms with Crippen LogP contribution in [0.25, 0.3) is 16.9 Å². The predicted octanol–water partition coefficient (Wildman–Crippen LogP) is 4.86. The first kappa shape index (κ1) is 13.2. The minimum atomic E-state index is 0.516. The van der Waals surface area contributed by atoms with Crippen molar-refractivity contribution in [2.75, 3.05) is 0 Å². The standard InChI is InChI=1S/C17H17ClN2/c1-12(2)14-3-5-15(6-4-14)16-11-20-8-7-13(10-18)9-17(20)19-16/h3-9,11-12H,10H2,1-2H3. The average Bonchev–Trinajstić information content (AvgIpc) is 2.90. The van der Waals surface area contributed by atoms with E-state index in [1.807, 2.05) is 22.7 Å². The van der Waals surface area contributed by atoms with Gasteiger partial charge in [-0.3, -0.25) is 0 Å². The van der Waals surface area contributed by atoms with Crippen LogP contribution in [0.1, 0.15) is 30.9 Å². The highest BCUT2D eigenvalue weighted by molar-refractivity contribution is 6.17. The van der Waals surface area contributed by atoms with Crippen LogP contribution in [0, 0.1) is 0 Å². The van der Waals surface area contributed by atoms with Gasteiger partial charge in [-0.2, -0.15) is 0 Å². The molecule has 20 heavy (non-hydrogen) atoms. The summed E-state index contributed by atoms with van der Waals surface area (Å²) < 4.78 is 2.03. The fourth-order valence-corrected chi connectivity index (χ4v) is 2.45. The summed E-state index contributed by atoms with van der Waals surface area (Å²) in [7, 11) is 0. The van der Waals surface area contributed by atoms with E-state index in [1.54, 1.807) is 0 Å². The largest absolute Gasteiger partial charge is 0.306 e. The van der Waals surface area contributed by atoms with E-state index in [4.69, 9.17) is 11.6 Å². The molecule has 3 rings (SSSR count). The molecule has 3 aromatic rings. The minimum Gasteiger partial charge on any atom is -0.306 e. The van der Waals surface area contributed by atoms with Gasteiger partial charge in [0.1, 0.15) is 5.65 Å². The van der Waals surface area contributed by atoms with Gasteiger partial charge in [0.2, 0.25) is 0 Å². The highest BCUT2D eigenvalue weighted by Gasteiger charge is 2.06. The Hall–Kier alpha value is -1.80. The molecule has 3 heteroatoms. The van der Waals surface area contributed by atoms with E-state index in [-0.39, 0.29) is 0 Å². The van der Waals surface area contributed by atoms with E-state index < -0.39 is 0 Å². The van der Waals surface area contributed by atoms with Gasteiger partial charge in [-0.25, -0.2) is 4.98 Å². The molecule has 0 saturated heterocycles. The van der Waals surface area contributed by atoms with Crippen molar-refractivity contribution in [1.29, 1.82) is 0 Å². The Kier molecular flexibility index (Phi) is 3.49. The van der Waals surface area contributed by atoms with Crippen molar-refractivity contribution in [3.63, 3.8) is 0 Å². The number of alkyl halides is 1. The van der Waals surface area contributed by atoms with E-state index in [2.05, 4.69) is 49.3 Å². The molecule has 0 aliphatic heterocycles. The number of rotatable bonds is 3. The summed E-state index contributed by atoms with van der Waals surface area (Å²) in [5, 5.41) is 0. The van der Waals surface area contributed by atoms with Crippen LogP contribution in [0.5, 0.6) is 0 Å². The first-order valence-corrected chi connectivity index (χ1v) is 7.35. The van der Waals surface area contributed by atoms with Crippen LogP contribution in [-0.4, -0.2) is 9.38 Å². The zero-order chi connectivity index (χ0) is 14.1. The molecule has 2 heterocycles. The van der Waals surface area contributed by atoms with Crippen molar-refractivity contribution in [2.24, 2.45) is 0 Å². The lowest BCUT2D eigenvalue weighted by atomic mass is 10.0. The van der Waals surface area contributed by atoms with E-state index in [0.717, 1.165) is 22.5 Å². The lowest BCUT2D eigenvalue weighted by molar-refractivity contribution is 0.867. The summed E-state index contributed by atoms with van der Waals surface area (Å²) in [5.74, 6) is 1.07. The van der Waals surface area contributed by atoms with Gasteiger partial charge < -0.3 is 4.40 Å². The number of hydrogen-bond acceptors (Lipinski definition) is 1. The molecule has 2 nitrogen and oxygen atoms in total. The van der Waals surface area contributed by atoms with E-state index in [0.29, 0.717) is 11.8 Å². The molecule has 0 spiro atoms. The van der Waals surface area contributed by atoms with E-state index in [1.165, 1.54) is 5.56 Å². The topological polar surface area (TPSA) is 17.3 Å². The minimum absolute atomic E-state index is 0.516. The number of hydrogen-bond donors (Lipinski definition) is 0. The second-order valence-corrected chi connectivity index (χ2v) is 5.60. The van der Waals surface area contributed by atoms with Crippen LogP contribution < -0.4 is 0 Å². The smallest absolute Gasteiger partial charge is 0.137 e. The van der Waals surface area contributed by atoms with Crippen LogP contribution in [0.2, 0.25) is 0 Å². The molecule has 0 atom stereocenters. The maximum atomic E-state index is 5.86. The molecule has 2 aromatic heterocycles. The average molecular weight is 285 g/mol. The zero-order valence-corrected chi connectivity index (χ0v) is 12.4. The summed E-state index contributed by atoms with van der Waals surface area (Å²) in [5.41, 5.74) is 5.51. The maximum absolute atomic E-state index is 5.86. The SMILES string of the molecule is CC(C)c1ccc(-c2cn3ccc(CCl)cc3n2)cc1. The first-order chi connectivity index (χ1) is 9.67. The number of fused-ring (bicyclic) bond motifs is 1. The Balaban J connectivity index is 2.01. The molecular weight excluding hydrogens is 268 g/mol. The third kappa shape index (κ3) is 2.44. The Morgan fingerprint density at radius 1 is 1.15 bits per heavy atom. The summed E-state index contributed by atoms with van der Waals surface area (Å²) in [6.07, 6.45) is 4.06. The maximum Gasteiger partial charge on any atom is 0.137 e. The highest BCUT2D eigenvalue weighted by atomic mass is 35.5. The molecule has 0 unspecified atom stereocenters. The van der Waals surface area contributed by atoms with E-state index in [9.17, 15) is 0 Å². The second-order valence-electron chi connectivity index (χ2n) is 5.34. The van der Waals surface area contributed by atoms with Crippen LogP contribution >= 0.6 is 11.6 Å².